The number of rotatable bonds is 9. The minimum Gasteiger partial charge on any atom is -0.468 e. The van der Waals surface area contributed by atoms with Gasteiger partial charge in [0, 0.05) is 0 Å². The molecular formula is C21H26FN6O7P. The number of carbonyl (C=O) groups is 1. The Morgan fingerprint density at radius 2 is 2.08 bits per heavy atom. The molecule has 3 aromatic rings. The van der Waals surface area contributed by atoms with Crippen molar-refractivity contribution in [1.29, 1.82) is 0 Å². The summed E-state index contributed by atoms with van der Waals surface area (Å²) >= 11 is 0. The number of hydrogen-bond acceptors (Lipinski definition) is 11. The highest BCUT2D eigenvalue weighted by atomic mass is 31.2. The van der Waals surface area contributed by atoms with Crippen molar-refractivity contribution in [3.8, 4) is 5.75 Å². The normalized spacial score (nSPS) is 24.4. The Morgan fingerprint density at radius 3 is 2.78 bits per heavy atom. The summed E-state index contributed by atoms with van der Waals surface area (Å²) in [6, 6.07) is 7.04. The van der Waals surface area contributed by atoms with E-state index in [2.05, 4.69) is 24.8 Å². The van der Waals surface area contributed by atoms with Crippen LogP contribution in [0.5, 0.6) is 5.75 Å². The predicted molar refractivity (Wildman–Crippen MR) is 125 cm³/mol. The molecule has 4 N–H and O–H groups in total. The number of aliphatic hydroxyl groups is 1. The minimum absolute atomic E-state index is 0.120. The van der Waals surface area contributed by atoms with E-state index < -0.39 is 51.0 Å². The van der Waals surface area contributed by atoms with Crippen molar-refractivity contribution < 1.29 is 37.4 Å². The number of fused-ring (bicyclic) bond motifs is 1. The molecule has 0 saturated carbocycles. The highest BCUT2D eigenvalue weighted by molar-refractivity contribution is 7.52. The molecule has 1 unspecified atom stereocenters. The fraction of sp³-hybridized carbons (Fsp3) is 0.429. The zero-order chi connectivity index (χ0) is 26.0. The molecule has 4 rings (SSSR count). The number of alkyl halides is 1. The molecule has 6 atom stereocenters. The van der Waals surface area contributed by atoms with Crippen LogP contribution in [0.15, 0.2) is 36.7 Å². The summed E-state index contributed by atoms with van der Waals surface area (Å²) < 4.78 is 51.3. The van der Waals surface area contributed by atoms with E-state index in [0.29, 0.717) is 5.82 Å². The Kier molecular flexibility index (Phi) is 7.52. The number of ether oxygens (including phenoxy) is 2. The maximum Gasteiger partial charge on any atom is 0.459 e. The molecule has 194 valence electrons. The van der Waals surface area contributed by atoms with Crippen molar-refractivity contribution in [3.05, 3.63) is 42.5 Å². The molecule has 15 heteroatoms. The maximum atomic E-state index is 15.1. The van der Waals surface area contributed by atoms with Crippen LogP contribution < -0.4 is 15.3 Å². The fourth-order valence-corrected chi connectivity index (χ4v) is 5.15. The van der Waals surface area contributed by atoms with Gasteiger partial charge in [-0.05, 0) is 26.0 Å². The number of aryl methyl sites for hydroxylation is 1. The molecule has 1 aliphatic rings. The van der Waals surface area contributed by atoms with E-state index >= 15 is 4.39 Å². The van der Waals surface area contributed by atoms with E-state index in [0.717, 1.165) is 0 Å². The van der Waals surface area contributed by atoms with Gasteiger partial charge >= 0.3 is 13.7 Å². The molecule has 1 saturated heterocycles. The lowest BCUT2D eigenvalue weighted by Crippen LogP contribution is -2.36. The summed E-state index contributed by atoms with van der Waals surface area (Å²) in [7, 11) is -3.04. The van der Waals surface area contributed by atoms with E-state index in [1.54, 1.807) is 25.1 Å². The predicted octanol–water partition coefficient (Wildman–Crippen LogP) is 1.67. The second-order valence-corrected chi connectivity index (χ2v) is 9.75. The van der Waals surface area contributed by atoms with Crippen molar-refractivity contribution in [2.75, 3.05) is 19.5 Å². The second kappa shape index (κ2) is 10.4. The largest absolute Gasteiger partial charge is 0.468 e. The number of aromatic nitrogens is 4. The van der Waals surface area contributed by atoms with Crippen LogP contribution in [0.4, 0.5) is 10.2 Å². The quantitative estimate of drug-likeness (QED) is 0.273. The lowest BCUT2D eigenvalue weighted by Gasteiger charge is -2.24. The van der Waals surface area contributed by atoms with Gasteiger partial charge in [0.05, 0.1) is 20.0 Å². The van der Waals surface area contributed by atoms with Gasteiger partial charge in [0.1, 0.15) is 35.3 Å². The number of methoxy groups -OCH3 is 1. The zero-order valence-corrected chi connectivity index (χ0v) is 20.5. The van der Waals surface area contributed by atoms with Gasteiger partial charge in [-0.25, -0.2) is 23.9 Å². The molecule has 0 amide bonds. The first-order chi connectivity index (χ1) is 17.1. The molecule has 0 spiro atoms. The highest BCUT2D eigenvalue weighted by Gasteiger charge is 2.47. The number of nitrogens with two attached hydrogens (primary N) is 1. The van der Waals surface area contributed by atoms with Crippen LogP contribution in [0.2, 0.25) is 0 Å². The van der Waals surface area contributed by atoms with E-state index in [4.69, 9.17) is 19.5 Å². The molecule has 3 heterocycles. The first-order valence-electron chi connectivity index (χ1n) is 10.9. The zero-order valence-electron chi connectivity index (χ0n) is 19.6. The standard InChI is InChI=1S/C21H26FN6O7P/c1-11(21(30)32-3)27-36(31,35-13-7-5-4-6-8-13)33-9-14-17(29)15(22)20(34-14)28-10-24-16-18(23)25-12(2)26-19(16)28/h4-8,10-11,14-15,17,20,29H,9H2,1-3H3,(H,27,31)(H2,23,25,26)/t11-,14+,15-,17+,20+,36?/m0/s1. The monoisotopic (exact) mass is 524 g/mol. The number of aliphatic hydroxyl groups excluding tert-OH is 1. The molecule has 1 fully saturated rings. The molecule has 13 nitrogen and oxygen atoms in total. The van der Waals surface area contributed by atoms with E-state index in [1.807, 2.05) is 0 Å². The van der Waals surface area contributed by atoms with Gasteiger partial charge < -0.3 is 24.8 Å². The Labute approximate surface area is 205 Å². The number of nitrogen functional groups attached to an aromatic ring is 1. The summed E-state index contributed by atoms with van der Waals surface area (Å²) in [5.41, 5.74) is 6.36. The molecule has 36 heavy (non-hydrogen) atoms. The third kappa shape index (κ3) is 5.32. The molecule has 0 aliphatic carbocycles. The Bertz CT molecular complexity index is 1280. The number of esters is 1. The van der Waals surface area contributed by atoms with Crippen molar-refractivity contribution in [1.82, 2.24) is 24.6 Å². The number of para-hydroxylation sites is 1. The van der Waals surface area contributed by atoms with E-state index in [1.165, 1.54) is 37.1 Å². The SMILES string of the molecule is COC(=O)[C@H](C)NP(=O)(OC[C@H]1O[C@@H](n2cnc3c(N)nc(C)nc32)[C@@H](F)[C@@H]1O)Oc1ccccc1. The van der Waals surface area contributed by atoms with Gasteiger partial charge in [-0.15, -0.1) is 0 Å². The smallest absolute Gasteiger partial charge is 0.459 e. The van der Waals surface area contributed by atoms with Crippen LogP contribution in [0.1, 0.15) is 19.0 Å². The molecule has 0 bridgehead atoms. The van der Waals surface area contributed by atoms with E-state index in [-0.39, 0.29) is 22.7 Å². The van der Waals surface area contributed by atoms with Crippen LogP contribution in [0, 0.1) is 6.92 Å². The maximum absolute atomic E-state index is 15.1. The lowest BCUT2D eigenvalue weighted by molar-refractivity contribution is -0.142. The third-order valence-corrected chi connectivity index (χ3v) is 7.06. The number of halogens is 1. The van der Waals surface area contributed by atoms with Crippen LogP contribution in [0.25, 0.3) is 11.2 Å². The van der Waals surface area contributed by atoms with Crippen molar-refractivity contribution in [3.63, 3.8) is 0 Å². The van der Waals surface area contributed by atoms with Crippen LogP contribution in [-0.2, 0) is 23.4 Å². The highest BCUT2D eigenvalue weighted by Crippen LogP contribution is 2.46. The van der Waals surface area contributed by atoms with Crippen molar-refractivity contribution in [2.24, 2.45) is 0 Å². The van der Waals surface area contributed by atoms with Gasteiger partial charge in [0.25, 0.3) is 0 Å². The third-order valence-electron chi connectivity index (χ3n) is 5.41. The summed E-state index contributed by atoms with van der Waals surface area (Å²) in [5, 5.41) is 13.0. The van der Waals surface area contributed by atoms with Crippen LogP contribution in [0.3, 0.4) is 0 Å². The number of carbonyl (C=O) groups excluding carboxylic acids is 1. The number of imidazole rings is 1. The Hall–Kier alpha value is -3.16. The summed E-state index contributed by atoms with van der Waals surface area (Å²) in [6.07, 6.45) is -4.82. The first-order valence-corrected chi connectivity index (χ1v) is 12.4. The van der Waals surface area contributed by atoms with Crippen LogP contribution in [-0.4, -0.2) is 68.7 Å². The molecule has 1 aliphatic heterocycles. The molecular weight excluding hydrogens is 498 g/mol. The van der Waals surface area contributed by atoms with Gasteiger partial charge in [0.2, 0.25) is 0 Å². The van der Waals surface area contributed by atoms with E-state index in [9.17, 15) is 14.5 Å². The summed E-state index contributed by atoms with van der Waals surface area (Å²) in [6.45, 7) is 2.49. The van der Waals surface area contributed by atoms with Gasteiger partial charge in [-0.1, -0.05) is 18.2 Å². The van der Waals surface area contributed by atoms with Crippen LogP contribution >= 0.6 is 7.75 Å². The number of nitrogens with one attached hydrogen (secondary N) is 1. The molecule has 2 aromatic heterocycles. The number of hydrogen-bond donors (Lipinski definition) is 3. The molecule has 1 aromatic carbocycles. The fourth-order valence-electron chi connectivity index (χ4n) is 3.65. The minimum atomic E-state index is -4.22. The number of nitrogens with zero attached hydrogens (tertiary/aromatic N) is 4. The summed E-state index contributed by atoms with van der Waals surface area (Å²) in [4.78, 5) is 24.3. The van der Waals surface area contributed by atoms with Crippen molar-refractivity contribution >= 4 is 30.7 Å². The second-order valence-electron chi connectivity index (χ2n) is 8.05. The number of benzene rings is 1. The first kappa shape index (κ1) is 25.9. The lowest BCUT2D eigenvalue weighted by atomic mass is 10.1. The Morgan fingerprint density at radius 1 is 1.36 bits per heavy atom. The average molecular weight is 524 g/mol. The Balaban J connectivity index is 1.52. The van der Waals surface area contributed by atoms with Crippen molar-refractivity contribution in [2.45, 2.75) is 44.5 Å². The molecule has 0 radical (unpaired) electrons. The van der Waals surface area contributed by atoms with Gasteiger partial charge in [-0.3, -0.25) is 13.9 Å². The van der Waals surface area contributed by atoms with Gasteiger partial charge in [-0.2, -0.15) is 5.09 Å². The topological polar surface area (TPSA) is 173 Å². The number of anilines is 1. The average Bonchev–Trinajstić information content (AvgIpc) is 3.38. The van der Waals surface area contributed by atoms with Gasteiger partial charge in [0.15, 0.2) is 23.9 Å². The summed E-state index contributed by atoms with van der Waals surface area (Å²) in [5.74, 6) is -0.0487.